The zero-order valence-electron chi connectivity index (χ0n) is 14.4. The van der Waals surface area contributed by atoms with Gasteiger partial charge in [-0.25, -0.2) is 0 Å². The van der Waals surface area contributed by atoms with Gasteiger partial charge in [0.05, 0.1) is 5.39 Å². The van der Waals surface area contributed by atoms with Crippen LogP contribution < -0.4 is 15.6 Å². The highest BCUT2D eigenvalue weighted by molar-refractivity contribution is 5.97. The number of amides is 1. The molecule has 0 unspecified atom stereocenters. The van der Waals surface area contributed by atoms with E-state index in [9.17, 15) is 9.59 Å². The van der Waals surface area contributed by atoms with Gasteiger partial charge in [0.2, 0.25) is 0 Å². The molecule has 1 amide bonds. The molecule has 0 saturated heterocycles. The summed E-state index contributed by atoms with van der Waals surface area (Å²) in [5.74, 6) is 0.263. The number of aromatic amines is 1. The minimum atomic E-state index is -0.638. The molecule has 1 aromatic heterocycles. The predicted molar refractivity (Wildman–Crippen MR) is 98.9 cm³/mol. The normalized spacial score (nSPS) is 12.0. The molecular formula is C20H20N2O3. The quantitative estimate of drug-likeness (QED) is 0.769. The van der Waals surface area contributed by atoms with Crippen molar-refractivity contribution in [3.05, 3.63) is 64.6 Å². The van der Waals surface area contributed by atoms with Gasteiger partial charge in [-0.05, 0) is 48.6 Å². The number of pyridine rings is 1. The summed E-state index contributed by atoms with van der Waals surface area (Å²) in [6.07, 6.45) is 1.10. The minimum Gasteiger partial charge on any atom is -0.481 e. The fourth-order valence-corrected chi connectivity index (χ4v) is 2.87. The van der Waals surface area contributed by atoms with Gasteiger partial charge in [-0.1, -0.05) is 24.3 Å². The number of ether oxygens (including phenoxy) is 1. The number of hydrogen-bond acceptors (Lipinski definition) is 3. The fraction of sp³-hybridized carbons (Fsp3) is 0.200. The van der Waals surface area contributed by atoms with Crippen molar-refractivity contribution >= 4 is 16.7 Å². The summed E-state index contributed by atoms with van der Waals surface area (Å²) in [5.41, 5.74) is 2.96. The lowest BCUT2D eigenvalue weighted by Crippen LogP contribution is -2.33. The summed E-state index contributed by atoms with van der Waals surface area (Å²) in [4.78, 5) is 26.7. The summed E-state index contributed by atoms with van der Waals surface area (Å²) in [6.45, 7) is 3.70. The van der Waals surface area contributed by atoms with Crippen molar-refractivity contribution in [1.29, 1.82) is 0 Å². The summed E-state index contributed by atoms with van der Waals surface area (Å²) >= 11 is 0. The molecule has 2 N–H and O–H groups in total. The molecular weight excluding hydrogens is 316 g/mol. The van der Waals surface area contributed by atoms with Crippen molar-refractivity contribution in [3.8, 4) is 16.9 Å². The fourth-order valence-electron chi connectivity index (χ4n) is 2.87. The number of benzene rings is 2. The van der Waals surface area contributed by atoms with E-state index in [2.05, 4.69) is 10.3 Å². The molecule has 5 heteroatoms. The predicted octanol–water partition coefficient (Wildman–Crippen LogP) is 3.02. The first-order chi connectivity index (χ1) is 12.0. The van der Waals surface area contributed by atoms with Crippen LogP contribution in [-0.2, 0) is 4.79 Å². The van der Waals surface area contributed by atoms with Gasteiger partial charge < -0.3 is 15.0 Å². The van der Waals surface area contributed by atoms with E-state index in [1.54, 1.807) is 32.3 Å². The van der Waals surface area contributed by atoms with E-state index >= 15 is 0 Å². The molecule has 3 rings (SSSR count). The molecule has 0 aliphatic heterocycles. The highest BCUT2D eigenvalue weighted by Crippen LogP contribution is 2.30. The molecule has 0 bridgehead atoms. The van der Waals surface area contributed by atoms with Crippen LogP contribution >= 0.6 is 0 Å². The third-order valence-electron chi connectivity index (χ3n) is 4.24. The SMILES string of the molecule is CNC(=O)[C@H](C)Oc1ccc2c(-c3ccccc3C)c[nH]c(=O)c2c1. The number of H-pyrrole nitrogens is 1. The Hall–Kier alpha value is -3.08. The van der Waals surface area contributed by atoms with Gasteiger partial charge in [0.15, 0.2) is 6.10 Å². The van der Waals surface area contributed by atoms with Crippen LogP contribution in [0, 0.1) is 6.92 Å². The maximum atomic E-state index is 12.3. The van der Waals surface area contributed by atoms with Gasteiger partial charge in [0.1, 0.15) is 5.75 Å². The minimum absolute atomic E-state index is 0.189. The topological polar surface area (TPSA) is 71.2 Å². The van der Waals surface area contributed by atoms with E-state index in [0.29, 0.717) is 11.1 Å². The molecule has 0 radical (unpaired) electrons. The lowest BCUT2D eigenvalue weighted by Gasteiger charge is -2.14. The Morgan fingerprint density at radius 2 is 1.88 bits per heavy atom. The monoisotopic (exact) mass is 336 g/mol. The number of carbonyl (C=O) groups is 1. The summed E-state index contributed by atoms with van der Waals surface area (Å²) in [5, 5.41) is 3.91. The number of aromatic nitrogens is 1. The standard InChI is InChI=1S/C20H20N2O3/c1-12-6-4-5-7-15(12)18-11-22-20(24)17-10-14(8-9-16(17)18)25-13(2)19(23)21-3/h4-11,13H,1-3H3,(H,21,23)(H,22,24)/t13-/m0/s1. The van der Waals surface area contributed by atoms with Crippen molar-refractivity contribution in [2.24, 2.45) is 0 Å². The van der Waals surface area contributed by atoms with E-state index in [1.165, 1.54) is 0 Å². The number of hydrogen-bond donors (Lipinski definition) is 2. The van der Waals surface area contributed by atoms with Gasteiger partial charge in [-0.2, -0.15) is 0 Å². The van der Waals surface area contributed by atoms with Gasteiger partial charge in [0, 0.05) is 18.8 Å². The second-order valence-electron chi connectivity index (χ2n) is 5.93. The van der Waals surface area contributed by atoms with Crippen LogP contribution in [-0.4, -0.2) is 24.0 Å². The molecule has 1 heterocycles. The zero-order valence-corrected chi connectivity index (χ0v) is 14.4. The summed E-state index contributed by atoms with van der Waals surface area (Å²) in [7, 11) is 1.56. The van der Waals surface area contributed by atoms with Crippen LogP contribution in [0.2, 0.25) is 0 Å². The highest BCUT2D eigenvalue weighted by Gasteiger charge is 2.14. The van der Waals surface area contributed by atoms with Gasteiger partial charge in [0.25, 0.3) is 11.5 Å². The number of aryl methyl sites for hydroxylation is 1. The Morgan fingerprint density at radius 1 is 1.12 bits per heavy atom. The molecule has 0 aliphatic carbocycles. The molecule has 3 aromatic rings. The van der Waals surface area contributed by atoms with Crippen LogP contribution in [0.25, 0.3) is 21.9 Å². The number of rotatable bonds is 4. The summed E-state index contributed by atoms with van der Waals surface area (Å²) < 4.78 is 5.63. The van der Waals surface area contributed by atoms with E-state index in [-0.39, 0.29) is 11.5 Å². The maximum absolute atomic E-state index is 12.3. The Morgan fingerprint density at radius 3 is 2.60 bits per heavy atom. The smallest absolute Gasteiger partial charge is 0.260 e. The first-order valence-corrected chi connectivity index (χ1v) is 8.11. The van der Waals surface area contributed by atoms with Gasteiger partial charge >= 0.3 is 0 Å². The number of likely N-dealkylation sites (N-methyl/N-ethyl adjacent to an activating group) is 1. The van der Waals surface area contributed by atoms with Crippen molar-refractivity contribution in [2.75, 3.05) is 7.05 Å². The molecule has 1 atom stereocenters. The van der Waals surface area contributed by atoms with Crippen molar-refractivity contribution < 1.29 is 9.53 Å². The number of carbonyl (C=O) groups excluding carboxylic acids is 1. The number of fused-ring (bicyclic) bond motifs is 1. The molecule has 0 spiro atoms. The second-order valence-corrected chi connectivity index (χ2v) is 5.93. The largest absolute Gasteiger partial charge is 0.481 e. The first-order valence-electron chi connectivity index (χ1n) is 8.11. The van der Waals surface area contributed by atoms with Crippen LogP contribution in [0.3, 0.4) is 0 Å². The molecule has 2 aromatic carbocycles. The molecule has 128 valence electrons. The highest BCUT2D eigenvalue weighted by atomic mass is 16.5. The third kappa shape index (κ3) is 3.26. The Labute approximate surface area is 145 Å². The molecule has 0 fully saturated rings. The number of nitrogens with one attached hydrogen (secondary N) is 2. The average molecular weight is 336 g/mol. The second kappa shape index (κ2) is 6.81. The molecule has 0 saturated carbocycles. The average Bonchev–Trinajstić information content (AvgIpc) is 2.62. The zero-order chi connectivity index (χ0) is 18.0. The van der Waals surface area contributed by atoms with Crippen molar-refractivity contribution in [3.63, 3.8) is 0 Å². The molecule has 25 heavy (non-hydrogen) atoms. The first kappa shape index (κ1) is 16.8. The Bertz CT molecular complexity index is 992. The molecule has 0 aliphatic rings. The van der Waals surface area contributed by atoms with Crippen LogP contribution in [0.15, 0.2) is 53.5 Å². The maximum Gasteiger partial charge on any atom is 0.260 e. The van der Waals surface area contributed by atoms with Crippen LogP contribution in [0.5, 0.6) is 5.75 Å². The van der Waals surface area contributed by atoms with Crippen LogP contribution in [0.4, 0.5) is 0 Å². The molecule has 5 nitrogen and oxygen atoms in total. The Kier molecular flexibility index (Phi) is 4.57. The van der Waals surface area contributed by atoms with Crippen LogP contribution in [0.1, 0.15) is 12.5 Å². The van der Waals surface area contributed by atoms with Gasteiger partial charge in [-0.3, -0.25) is 9.59 Å². The van der Waals surface area contributed by atoms with Gasteiger partial charge in [-0.15, -0.1) is 0 Å². The third-order valence-corrected chi connectivity index (χ3v) is 4.24. The van der Waals surface area contributed by atoms with E-state index < -0.39 is 6.10 Å². The Balaban J connectivity index is 2.10. The van der Waals surface area contributed by atoms with E-state index in [1.807, 2.05) is 37.3 Å². The van der Waals surface area contributed by atoms with E-state index in [0.717, 1.165) is 22.1 Å². The van der Waals surface area contributed by atoms with Crippen molar-refractivity contribution in [2.45, 2.75) is 20.0 Å². The van der Waals surface area contributed by atoms with E-state index in [4.69, 9.17) is 4.74 Å². The lowest BCUT2D eigenvalue weighted by molar-refractivity contribution is -0.126. The summed E-state index contributed by atoms with van der Waals surface area (Å²) in [6, 6.07) is 13.3. The lowest BCUT2D eigenvalue weighted by atomic mass is 9.97. The van der Waals surface area contributed by atoms with Crippen molar-refractivity contribution in [1.82, 2.24) is 10.3 Å².